The second-order valence-corrected chi connectivity index (χ2v) is 2.79. The molecule has 72 valence electrons. The van der Waals surface area contributed by atoms with E-state index in [2.05, 4.69) is 4.98 Å². The molecule has 0 spiro atoms. The van der Waals surface area contributed by atoms with Crippen LogP contribution in [0.3, 0.4) is 0 Å². The largest absolute Gasteiger partial charge is 0.394 e. The Bertz CT molecular complexity index is 267. The summed E-state index contributed by atoms with van der Waals surface area (Å²) in [4.78, 5) is 3.90. The van der Waals surface area contributed by atoms with Gasteiger partial charge in [0.25, 0.3) is 0 Å². The van der Waals surface area contributed by atoms with Crippen LogP contribution in [0.5, 0.6) is 0 Å². The van der Waals surface area contributed by atoms with Crippen LogP contribution in [-0.4, -0.2) is 32.5 Å². The van der Waals surface area contributed by atoms with Gasteiger partial charge < -0.3 is 14.8 Å². The van der Waals surface area contributed by atoms with Crippen molar-refractivity contribution in [2.24, 2.45) is 0 Å². The van der Waals surface area contributed by atoms with Crippen LogP contribution in [0.2, 0.25) is 0 Å². The third-order valence-corrected chi connectivity index (χ3v) is 1.82. The molecule has 2 N–H and O–H groups in total. The number of aliphatic hydroxyl groups excluding tert-OH is 2. The standard InChI is InChI=1S/C9H14N2O2/c1-2-8(5-9(13)6-12)11-4-3-10-7-11/h2-4,7,9,12-13H,5-6H2,1H3. The number of aliphatic hydroxyl groups is 2. The van der Waals surface area contributed by atoms with Gasteiger partial charge in [-0.15, -0.1) is 0 Å². The average Bonchev–Trinajstić information content (AvgIpc) is 2.66. The van der Waals surface area contributed by atoms with Crippen LogP contribution in [-0.2, 0) is 0 Å². The molecule has 0 saturated carbocycles. The van der Waals surface area contributed by atoms with Crippen molar-refractivity contribution in [3.05, 3.63) is 24.8 Å². The molecule has 1 aromatic rings. The predicted octanol–water partition coefficient (Wildman–Crippen LogP) is 0.487. The molecule has 0 aliphatic carbocycles. The summed E-state index contributed by atoms with van der Waals surface area (Å²) in [6.45, 7) is 1.67. The van der Waals surface area contributed by atoms with Gasteiger partial charge in [-0.3, -0.25) is 0 Å². The molecule has 1 heterocycles. The molecule has 0 radical (unpaired) electrons. The van der Waals surface area contributed by atoms with Crippen molar-refractivity contribution in [2.75, 3.05) is 6.61 Å². The van der Waals surface area contributed by atoms with Crippen molar-refractivity contribution in [2.45, 2.75) is 19.4 Å². The minimum Gasteiger partial charge on any atom is -0.394 e. The van der Waals surface area contributed by atoms with E-state index in [-0.39, 0.29) is 6.61 Å². The highest BCUT2D eigenvalue weighted by atomic mass is 16.3. The molecule has 0 aliphatic rings. The summed E-state index contributed by atoms with van der Waals surface area (Å²) in [5, 5.41) is 17.9. The zero-order valence-corrected chi connectivity index (χ0v) is 7.59. The maximum Gasteiger partial charge on any atom is 0.0989 e. The van der Waals surface area contributed by atoms with Gasteiger partial charge in [0.15, 0.2) is 0 Å². The molecule has 1 aromatic heterocycles. The van der Waals surface area contributed by atoms with Gasteiger partial charge in [0.05, 0.1) is 19.0 Å². The molecule has 0 amide bonds. The lowest BCUT2D eigenvalue weighted by Gasteiger charge is -2.11. The number of hydrogen-bond acceptors (Lipinski definition) is 3. The Morgan fingerprint density at radius 2 is 2.46 bits per heavy atom. The Hall–Kier alpha value is -1.13. The van der Waals surface area contributed by atoms with Gasteiger partial charge in [-0.25, -0.2) is 4.98 Å². The monoisotopic (exact) mass is 182 g/mol. The first-order valence-corrected chi connectivity index (χ1v) is 4.20. The van der Waals surface area contributed by atoms with Crippen LogP contribution < -0.4 is 0 Å². The molecule has 1 rings (SSSR count). The normalized spacial score (nSPS) is 14.5. The third-order valence-electron chi connectivity index (χ3n) is 1.82. The molecule has 1 atom stereocenters. The fourth-order valence-corrected chi connectivity index (χ4v) is 1.11. The third kappa shape index (κ3) is 2.68. The fraction of sp³-hybridized carbons (Fsp3) is 0.444. The van der Waals surface area contributed by atoms with Crippen LogP contribution >= 0.6 is 0 Å². The smallest absolute Gasteiger partial charge is 0.0989 e. The molecule has 0 bridgehead atoms. The minimum atomic E-state index is -0.700. The number of allylic oxidation sites excluding steroid dienone is 1. The van der Waals surface area contributed by atoms with E-state index in [4.69, 9.17) is 5.11 Å². The lowest BCUT2D eigenvalue weighted by molar-refractivity contribution is 0.0983. The van der Waals surface area contributed by atoms with Gasteiger partial charge in [-0.2, -0.15) is 0 Å². The molecule has 0 saturated heterocycles. The SMILES string of the molecule is CC=C(CC(O)CO)n1ccnc1. The van der Waals surface area contributed by atoms with E-state index in [1.165, 1.54) is 0 Å². The van der Waals surface area contributed by atoms with Crippen LogP contribution in [0.25, 0.3) is 5.70 Å². The van der Waals surface area contributed by atoms with E-state index >= 15 is 0 Å². The minimum absolute atomic E-state index is 0.216. The van der Waals surface area contributed by atoms with Crippen molar-refractivity contribution in [1.29, 1.82) is 0 Å². The van der Waals surface area contributed by atoms with Crippen molar-refractivity contribution in [3.63, 3.8) is 0 Å². The van der Waals surface area contributed by atoms with E-state index in [1.807, 2.05) is 17.6 Å². The van der Waals surface area contributed by atoms with Crippen molar-refractivity contribution in [3.8, 4) is 0 Å². The Kier molecular flexibility index (Phi) is 3.67. The number of hydrogen-bond donors (Lipinski definition) is 2. The highest BCUT2D eigenvalue weighted by molar-refractivity contribution is 5.44. The molecule has 4 heteroatoms. The lowest BCUT2D eigenvalue weighted by Crippen LogP contribution is -2.13. The van der Waals surface area contributed by atoms with Crippen LogP contribution in [0, 0.1) is 0 Å². The van der Waals surface area contributed by atoms with Gasteiger partial charge in [0.2, 0.25) is 0 Å². The average molecular weight is 182 g/mol. The molecule has 0 aliphatic heterocycles. The van der Waals surface area contributed by atoms with Gasteiger partial charge in [-0.1, -0.05) is 6.08 Å². The first-order valence-electron chi connectivity index (χ1n) is 4.20. The van der Waals surface area contributed by atoms with Crippen LogP contribution in [0.1, 0.15) is 13.3 Å². The second kappa shape index (κ2) is 4.79. The number of imidazole rings is 1. The molecule has 4 nitrogen and oxygen atoms in total. The number of aromatic nitrogens is 2. The lowest BCUT2D eigenvalue weighted by atomic mass is 10.2. The summed E-state index contributed by atoms with van der Waals surface area (Å²) < 4.78 is 1.82. The molecule has 0 aromatic carbocycles. The molecular formula is C9H14N2O2. The zero-order chi connectivity index (χ0) is 9.68. The summed E-state index contributed by atoms with van der Waals surface area (Å²) in [6.07, 6.45) is 6.77. The van der Waals surface area contributed by atoms with E-state index in [1.54, 1.807) is 18.7 Å². The Morgan fingerprint density at radius 1 is 1.69 bits per heavy atom. The fourth-order valence-electron chi connectivity index (χ4n) is 1.11. The van der Waals surface area contributed by atoms with Gasteiger partial charge in [-0.05, 0) is 6.92 Å². The molecule has 13 heavy (non-hydrogen) atoms. The number of nitrogens with zero attached hydrogens (tertiary/aromatic N) is 2. The van der Waals surface area contributed by atoms with Gasteiger partial charge >= 0.3 is 0 Å². The number of rotatable bonds is 4. The summed E-state index contributed by atoms with van der Waals surface area (Å²) >= 11 is 0. The van der Waals surface area contributed by atoms with Crippen LogP contribution in [0.15, 0.2) is 24.8 Å². The van der Waals surface area contributed by atoms with Crippen molar-refractivity contribution in [1.82, 2.24) is 9.55 Å². The topological polar surface area (TPSA) is 58.3 Å². The molecule has 0 fully saturated rings. The first-order chi connectivity index (χ1) is 6.27. The Labute approximate surface area is 77.2 Å². The van der Waals surface area contributed by atoms with Crippen molar-refractivity contribution >= 4 is 5.70 Å². The Balaban J connectivity index is 2.65. The molecule has 1 unspecified atom stereocenters. The maximum atomic E-state index is 9.23. The van der Waals surface area contributed by atoms with E-state index in [0.29, 0.717) is 6.42 Å². The van der Waals surface area contributed by atoms with E-state index < -0.39 is 6.10 Å². The zero-order valence-electron chi connectivity index (χ0n) is 7.59. The highest BCUT2D eigenvalue weighted by Crippen LogP contribution is 2.11. The van der Waals surface area contributed by atoms with E-state index in [0.717, 1.165) is 5.70 Å². The first kappa shape index (κ1) is 9.95. The maximum absolute atomic E-state index is 9.23. The summed E-state index contributed by atoms with van der Waals surface area (Å²) in [7, 11) is 0. The van der Waals surface area contributed by atoms with E-state index in [9.17, 15) is 5.11 Å². The quantitative estimate of drug-likeness (QED) is 0.712. The van der Waals surface area contributed by atoms with Gasteiger partial charge in [0, 0.05) is 24.5 Å². The molecular weight excluding hydrogens is 168 g/mol. The summed E-state index contributed by atoms with van der Waals surface area (Å²) in [5.74, 6) is 0. The summed E-state index contributed by atoms with van der Waals surface area (Å²) in [5.41, 5.74) is 0.930. The second-order valence-electron chi connectivity index (χ2n) is 2.79. The predicted molar refractivity (Wildman–Crippen MR) is 49.9 cm³/mol. The van der Waals surface area contributed by atoms with Crippen LogP contribution in [0.4, 0.5) is 0 Å². The van der Waals surface area contributed by atoms with Crippen molar-refractivity contribution < 1.29 is 10.2 Å². The Morgan fingerprint density at radius 3 is 2.92 bits per heavy atom. The highest BCUT2D eigenvalue weighted by Gasteiger charge is 2.06. The summed E-state index contributed by atoms with van der Waals surface area (Å²) in [6, 6.07) is 0. The van der Waals surface area contributed by atoms with Gasteiger partial charge in [0.1, 0.15) is 0 Å².